The van der Waals surface area contributed by atoms with Gasteiger partial charge in [0, 0.05) is 25.5 Å². The normalized spacial score (nSPS) is 14.9. The van der Waals surface area contributed by atoms with Crippen molar-refractivity contribution >= 4 is 11.7 Å². The van der Waals surface area contributed by atoms with Gasteiger partial charge < -0.3 is 15.2 Å². The summed E-state index contributed by atoms with van der Waals surface area (Å²) in [5, 5.41) is 12.1. The molecule has 0 spiro atoms. The SMILES string of the molecule is Cc1nccc(N2CC(NC(=O)c3cc(C#N)c[nH]3)(c3ccccc3)C2)n1. The van der Waals surface area contributed by atoms with E-state index >= 15 is 0 Å². The van der Waals surface area contributed by atoms with Crippen LogP contribution in [-0.2, 0) is 5.54 Å². The van der Waals surface area contributed by atoms with Crippen molar-refractivity contribution in [3.63, 3.8) is 0 Å². The molecule has 7 nitrogen and oxygen atoms in total. The molecule has 7 heteroatoms. The number of nitrogens with one attached hydrogen (secondary N) is 2. The van der Waals surface area contributed by atoms with E-state index in [1.165, 1.54) is 6.20 Å². The van der Waals surface area contributed by atoms with Crippen molar-refractivity contribution in [2.45, 2.75) is 12.5 Å². The third-order valence-corrected chi connectivity index (χ3v) is 4.74. The molecule has 3 aromatic rings. The van der Waals surface area contributed by atoms with Gasteiger partial charge in [0.2, 0.25) is 0 Å². The second kappa shape index (κ2) is 6.57. The Balaban J connectivity index is 1.59. The predicted octanol–water partition coefficient (Wildman–Crippen LogP) is 2.13. The molecule has 0 saturated carbocycles. The summed E-state index contributed by atoms with van der Waals surface area (Å²) < 4.78 is 0. The fourth-order valence-corrected chi connectivity index (χ4v) is 3.35. The van der Waals surface area contributed by atoms with Gasteiger partial charge >= 0.3 is 0 Å². The number of carbonyl (C=O) groups excluding carboxylic acids is 1. The molecular weight excluding hydrogens is 340 g/mol. The van der Waals surface area contributed by atoms with Crippen molar-refractivity contribution in [2.75, 3.05) is 18.0 Å². The molecule has 1 amide bonds. The Hall–Kier alpha value is -3.66. The smallest absolute Gasteiger partial charge is 0.268 e. The topological polar surface area (TPSA) is 97.7 Å². The first-order chi connectivity index (χ1) is 13.1. The zero-order chi connectivity index (χ0) is 18.9. The van der Waals surface area contributed by atoms with Gasteiger partial charge in [-0.25, -0.2) is 9.97 Å². The van der Waals surface area contributed by atoms with E-state index in [9.17, 15) is 4.79 Å². The van der Waals surface area contributed by atoms with Crippen LogP contribution in [0.15, 0.2) is 54.9 Å². The van der Waals surface area contributed by atoms with Crippen molar-refractivity contribution < 1.29 is 4.79 Å². The van der Waals surface area contributed by atoms with Crippen LogP contribution in [0.2, 0.25) is 0 Å². The number of aryl methyl sites for hydroxylation is 1. The number of nitriles is 1. The molecule has 0 bridgehead atoms. The minimum Gasteiger partial charge on any atom is -0.356 e. The van der Waals surface area contributed by atoms with Crippen LogP contribution in [0.25, 0.3) is 0 Å². The van der Waals surface area contributed by atoms with E-state index in [0.29, 0.717) is 30.2 Å². The highest BCUT2D eigenvalue weighted by atomic mass is 16.2. The quantitative estimate of drug-likeness (QED) is 0.744. The zero-order valence-corrected chi connectivity index (χ0v) is 14.8. The fraction of sp³-hybridized carbons (Fsp3) is 0.200. The number of aromatic amines is 1. The molecule has 0 unspecified atom stereocenters. The van der Waals surface area contributed by atoms with Crippen LogP contribution in [0.5, 0.6) is 0 Å². The number of aromatic nitrogens is 3. The summed E-state index contributed by atoms with van der Waals surface area (Å²) in [6, 6.07) is 15.3. The van der Waals surface area contributed by atoms with Crippen molar-refractivity contribution in [1.29, 1.82) is 5.26 Å². The first-order valence-corrected chi connectivity index (χ1v) is 8.61. The largest absolute Gasteiger partial charge is 0.356 e. The minimum absolute atomic E-state index is 0.237. The Bertz CT molecular complexity index is 1010. The molecule has 0 aliphatic carbocycles. The number of benzene rings is 1. The van der Waals surface area contributed by atoms with Crippen molar-refractivity contribution in [3.8, 4) is 6.07 Å². The van der Waals surface area contributed by atoms with Crippen molar-refractivity contribution in [1.82, 2.24) is 20.3 Å². The van der Waals surface area contributed by atoms with E-state index in [1.54, 1.807) is 12.3 Å². The van der Waals surface area contributed by atoms with Gasteiger partial charge in [-0.05, 0) is 24.6 Å². The summed E-state index contributed by atoms with van der Waals surface area (Å²) in [5.41, 5.74) is 1.32. The Morgan fingerprint density at radius 3 is 2.74 bits per heavy atom. The van der Waals surface area contributed by atoms with E-state index in [-0.39, 0.29) is 5.91 Å². The number of nitrogens with zero attached hydrogens (tertiary/aromatic N) is 4. The highest BCUT2D eigenvalue weighted by molar-refractivity contribution is 5.93. The standard InChI is InChI=1S/C20H18N6O/c1-14-22-8-7-18(24-14)26-12-20(13-26,16-5-3-2-4-6-16)25-19(27)17-9-15(10-21)11-23-17/h2-9,11,23H,12-13H2,1H3,(H,25,27). The summed E-state index contributed by atoms with van der Waals surface area (Å²) in [5.74, 6) is 1.32. The molecule has 1 saturated heterocycles. The highest BCUT2D eigenvalue weighted by Crippen LogP contribution is 2.35. The first-order valence-electron chi connectivity index (χ1n) is 8.61. The van der Waals surface area contributed by atoms with Crippen LogP contribution in [0.4, 0.5) is 5.82 Å². The van der Waals surface area contributed by atoms with Crippen LogP contribution >= 0.6 is 0 Å². The van der Waals surface area contributed by atoms with Crippen LogP contribution in [0, 0.1) is 18.3 Å². The van der Waals surface area contributed by atoms with Gasteiger partial charge in [-0.15, -0.1) is 0 Å². The maximum Gasteiger partial charge on any atom is 0.268 e. The lowest BCUT2D eigenvalue weighted by Crippen LogP contribution is -2.68. The number of amides is 1. The lowest BCUT2D eigenvalue weighted by Gasteiger charge is -2.51. The average Bonchev–Trinajstić information content (AvgIpc) is 3.14. The van der Waals surface area contributed by atoms with Gasteiger partial charge in [-0.2, -0.15) is 5.26 Å². The van der Waals surface area contributed by atoms with Gasteiger partial charge in [-0.1, -0.05) is 30.3 Å². The van der Waals surface area contributed by atoms with Crippen LogP contribution in [0.3, 0.4) is 0 Å². The van der Waals surface area contributed by atoms with Gasteiger partial charge in [0.25, 0.3) is 5.91 Å². The van der Waals surface area contributed by atoms with Crippen molar-refractivity contribution in [3.05, 3.63) is 77.5 Å². The number of carbonyl (C=O) groups is 1. The lowest BCUT2D eigenvalue weighted by molar-refractivity contribution is 0.0869. The van der Waals surface area contributed by atoms with Gasteiger partial charge in [0.15, 0.2) is 0 Å². The first kappa shape index (κ1) is 16.8. The molecule has 0 atom stereocenters. The lowest BCUT2D eigenvalue weighted by atomic mass is 9.82. The molecule has 27 heavy (non-hydrogen) atoms. The Morgan fingerprint density at radius 2 is 2.07 bits per heavy atom. The molecule has 2 N–H and O–H groups in total. The van der Waals surface area contributed by atoms with E-state index < -0.39 is 5.54 Å². The highest BCUT2D eigenvalue weighted by Gasteiger charge is 2.46. The summed E-state index contributed by atoms with van der Waals surface area (Å²) in [4.78, 5) is 26.3. The van der Waals surface area contributed by atoms with Crippen LogP contribution in [0.1, 0.15) is 27.4 Å². The van der Waals surface area contributed by atoms with E-state index in [0.717, 1.165) is 11.4 Å². The zero-order valence-electron chi connectivity index (χ0n) is 14.8. The number of anilines is 1. The summed E-state index contributed by atoms with van der Waals surface area (Å²) in [6.45, 7) is 3.06. The second-order valence-electron chi connectivity index (χ2n) is 6.63. The van der Waals surface area contributed by atoms with Crippen LogP contribution in [-0.4, -0.2) is 33.9 Å². The maximum absolute atomic E-state index is 12.8. The predicted molar refractivity (Wildman–Crippen MR) is 100 cm³/mol. The second-order valence-corrected chi connectivity index (χ2v) is 6.63. The molecule has 1 aliphatic rings. The third kappa shape index (κ3) is 3.13. The molecule has 1 aliphatic heterocycles. The molecule has 1 fully saturated rings. The van der Waals surface area contributed by atoms with E-state index in [2.05, 4.69) is 25.2 Å². The molecule has 134 valence electrons. The Labute approximate surface area is 156 Å². The Kier molecular flexibility index (Phi) is 4.09. The molecule has 4 rings (SSSR count). The van der Waals surface area contributed by atoms with Gasteiger partial charge in [0.1, 0.15) is 28.9 Å². The third-order valence-electron chi connectivity index (χ3n) is 4.74. The average molecular weight is 358 g/mol. The van der Waals surface area contributed by atoms with E-state index in [4.69, 9.17) is 5.26 Å². The summed E-state index contributed by atoms with van der Waals surface area (Å²) in [6.07, 6.45) is 3.27. The van der Waals surface area contributed by atoms with Crippen molar-refractivity contribution in [2.24, 2.45) is 0 Å². The minimum atomic E-state index is -0.519. The van der Waals surface area contributed by atoms with Crippen LogP contribution < -0.4 is 10.2 Å². The molecule has 3 heterocycles. The van der Waals surface area contributed by atoms with E-state index in [1.807, 2.05) is 49.4 Å². The number of hydrogen-bond acceptors (Lipinski definition) is 5. The number of rotatable bonds is 4. The molecule has 2 aromatic heterocycles. The summed E-state index contributed by atoms with van der Waals surface area (Å²) in [7, 11) is 0. The van der Waals surface area contributed by atoms with Gasteiger partial charge in [-0.3, -0.25) is 4.79 Å². The number of hydrogen-bond donors (Lipinski definition) is 2. The number of H-pyrrole nitrogens is 1. The summed E-state index contributed by atoms with van der Waals surface area (Å²) >= 11 is 0. The molecular formula is C20H18N6O. The Morgan fingerprint density at radius 1 is 1.30 bits per heavy atom. The fourth-order valence-electron chi connectivity index (χ4n) is 3.35. The maximum atomic E-state index is 12.8. The monoisotopic (exact) mass is 358 g/mol. The molecule has 1 aromatic carbocycles. The molecule has 0 radical (unpaired) electrons. The van der Waals surface area contributed by atoms with Gasteiger partial charge in [0.05, 0.1) is 5.56 Å².